The summed E-state index contributed by atoms with van der Waals surface area (Å²) >= 11 is 0. The number of nitrogens with zero attached hydrogens (tertiary/aromatic N) is 1. The first-order valence-electron chi connectivity index (χ1n) is 4.18. The van der Waals surface area contributed by atoms with E-state index in [2.05, 4.69) is 13.2 Å². The van der Waals surface area contributed by atoms with Gasteiger partial charge in [-0.1, -0.05) is 13.2 Å². The molecule has 0 radical (unpaired) electrons. The van der Waals surface area contributed by atoms with E-state index in [4.69, 9.17) is 10.5 Å². The Morgan fingerprint density at radius 2 is 2.08 bits per heavy atom. The molecule has 1 heterocycles. The van der Waals surface area contributed by atoms with Gasteiger partial charge in [0, 0.05) is 19.3 Å². The monoisotopic (exact) mass is 168 g/mol. The van der Waals surface area contributed by atoms with Gasteiger partial charge in [-0.3, -0.25) is 0 Å². The molecule has 1 aliphatic heterocycles. The molecular formula is C9H16N2O. The van der Waals surface area contributed by atoms with Crippen molar-refractivity contribution < 1.29 is 4.74 Å². The summed E-state index contributed by atoms with van der Waals surface area (Å²) in [5, 5.41) is 0. The van der Waals surface area contributed by atoms with E-state index < -0.39 is 0 Å². The largest absolute Gasteiger partial charge is 0.386 e. The molecule has 0 atom stereocenters. The minimum atomic E-state index is 0.425. The summed E-state index contributed by atoms with van der Waals surface area (Å²) < 4.78 is 5.24. The van der Waals surface area contributed by atoms with Crippen molar-refractivity contribution in [1.29, 1.82) is 0 Å². The zero-order valence-electron chi connectivity index (χ0n) is 7.33. The summed E-state index contributed by atoms with van der Waals surface area (Å²) in [6.07, 6.45) is 3.74. The molecule has 0 aromatic rings. The lowest BCUT2D eigenvalue weighted by Crippen LogP contribution is -2.37. The fourth-order valence-electron chi connectivity index (χ4n) is 1.46. The van der Waals surface area contributed by atoms with Gasteiger partial charge in [0.2, 0.25) is 0 Å². The highest BCUT2D eigenvalue weighted by Crippen LogP contribution is 2.16. The van der Waals surface area contributed by atoms with Gasteiger partial charge in [0.25, 0.3) is 0 Å². The van der Waals surface area contributed by atoms with Crippen molar-refractivity contribution in [2.45, 2.75) is 18.9 Å². The molecule has 3 nitrogen and oxygen atoms in total. The van der Waals surface area contributed by atoms with Gasteiger partial charge in [0.15, 0.2) is 0 Å². The van der Waals surface area contributed by atoms with E-state index in [0.717, 1.165) is 26.1 Å². The predicted octanol–water partition coefficient (Wildman–Crippen LogP) is 1.04. The first-order valence-corrected chi connectivity index (χ1v) is 4.18. The van der Waals surface area contributed by atoms with Crippen LogP contribution in [0, 0.1) is 0 Å². The minimum Gasteiger partial charge on any atom is -0.386 e. The first kappa shape index (κ1) is 9.13. The van der Waals surface area contributed by atoms with Gasteiger partial charge in [-0.05, 0) is 19.0 Å². The normalized spacial score (nSPS) is 18.7. The van der Waals surface area contributed by atoms with E-state index in [1.165, 1.54) is 0 Å². The average molecular weight is 168 g/mol. The molecule has 0 amide bonds. The van der Waals surface area contributed by atoms with Gasteiger partial charge in [-0.15, -0.1) is 0 Å². The Morgan fingerprint density at radius 1 is 1.50 bits per heavy atom. The van der Waals surface area contributed by atoms with Crippen LogP contribution >= 0.6 is 0 Å². The third-order valence-electron chi connectivity index (χ3n) is 2.11. The van der Waals surface area contributed by atoms with Crippen molar-refractivity contribution in [3.05, 3.63) is 25.2 Å². The maximum absolute atomic E-state index is 5.60. The molecule has 0 saturated carbocycles. The molecule has 0 aromatic heterocycles. The summed E-state index contributed by atoms with van der Waals surface area (Å²) in [6, 6.07) is 0.425. The van der Waals surface area contributed by atoms with Crippen LogP contribution in [0.5, 0.6) is 0 Å². The van der Waals surface area contributed by atoms with Crippen LogP contribution in [0.3, 0.4) is 0 Å². The standard InChI is InChI=1S/C9H16N2O/c1-3-11(8(2)10)9-4-6-12-7-5-9/h3,9H,1-2,4-7,10H2. The van der Waals surface area contributed by atoms with Gasteiger partial charge in [-0.25, -0.2) is 0 Å². The lowest BCUT2D eigenvalue weighted by molar-refractivity contribution is 0.0574. The van der Waals surface area contributed by atoms with Crippen LogP contribution in [0.15, 0.2) is 25.2 Å². The van der Waals surface area contributed by atoms with Crippen molar-refractivity contribution >= 4 is 0 Å². The Kier molecular flexibility index (Phi) is 3.17. The van der Waals surface area contributed by atoms with E-state index in [0.29, 0.717) is 11.9 Å². The molecule has 1 aliphatic rings. The molecule has 0 unspecified atom stereocenters. The van der Waals surface area contributed by atoms with Crippen molar-refractivity contribution in [1.82, 2.24) is 4.90 Å². The number of hydrogen-bond acceptors (Lipinski definition) is 3. The molecule has 2 N–H and O–H groups in total. The smallest absolute Gasteiger partial charge is 0.0955 e. The summed E-state index contributed by atoms with van der Waals surface area (Å²) in [6.45, 7) is 9.01. The van der Waals surface area contributed by atoms with Gasteiger partial charge in [0.05, 0.1) is 5.82 Å². The van der Waals surface area contributed by atoms with Crippen molar-refractivity contribution in [3.63, 3.8) is 0 Å². The molecule has 1 fully saturated rings. The fraction of sp³-hybridized carbons (Fsp3) is 0.556. The summed E-state index contributed by atoms with van der Waals surface area (Å²) in [4.78, 5) is 1.92. The lowest BCUT2D eigenvalue weighted by Gasteiger charge is -2.32. The van der Waals surface area contributed by atoms with Crippen molar-refractivity contribution in [2.24, 2.45) is 5.73 Å². The highest BCUT2D eigenvalue weighted by molar-refractivity contribution is 4.97. The highest BCUT2D eigenvalue weighted by Gasteiger charge is 2.19. The topological polar surface area (TPSA) is 38.5 Å². The summed E-state index contributed by atoms with van der Waals surface area (Å²) in [5.74, 6) is 0.567. The SMILES string of the molecule is C=CN(C(=C)N)C1CCOCC1. The molecule has 1 rings (SSSR count). The highest BCUT2D eigenvalue weighted by atomic mass is 16.5. The van der Waals surface area contributed by atoms with Crippen LogP contribution in [0.4, 0.5) is 0 Å². The molecule has 12 heavy (non-hydrogen) atoms. The Morgan fingerprint density at radius 3 is 2.50 bits per heavy atom. The lowest BCUT2D eigenvalue weighted by atomic mass is 10.1. The zero-order valence-corrected chi connectivity index (χ0v) is 7.33. The van der Waals surface area contributed by atoms with E-state index in [9.17, 15) is 0 Å². The Balaban J connectivity index is 2.51. The molecule has 0 spiro atoms. The number of nitrogens with two attached hydrogens (primary N) is 1. The first-order chi connectivity index (χ1) is 5.75. The molecule has 68 valence electrons. The second-order valence-corrected chi connectivity index (χ2v) is 2.92. The van der Waals surface area contributed by atoms with E-state index in [1.807, 2.05) is 4.90 Å². The van der Waals surface area contributed by atoms with E-state index in [-0.39, 0.29) is 0 Å². The van der Waals surface area contributed by atoms with Crippen LogP contribution in [-0.4, -0.2) is 24.2 Å². The second kappa shape index (κ2) is 4.16. The Labute approximate surface area is 73.5 Å². The molecule has 0 aliphatic carbocycles. The Hall–Kier alpha value is -0.960. The quantitative estimate of drug-likeness (QED) is 0.684. The Bertz CT molecular complexity index is 173. The van der Waals surface area contributed by atoms with Crippen LogP contribution in [0.1, 0.15) is 12.8 Å². The fourth-order valence-corrected chi connectivity index (χ4v) is 1.46. The average Bonchev–Trinajstić information content (AvgIpc) is 2.07. The third kappa shape index (κ3) is 2.01. The van der Waals surface area contributed by atoms with Crippen LogP contribution in [0.25, 0.3) is 0 Å². The van der Waals surface area contributed by atoms with Crippen LogP contribution in [-0.2, 0) is 4.74 Å². The number of ether oxygens (including phenoxy) is 1. The van der Waals surface area contributed by atoms with Gasteiger partial charge < -0.3 is 15.4 Å². The summed E-state index contributed by atoms with van der Waals surface area (Å²) in [5.41, 5.74) is 5.60. The van der Waals surface area contributed by atoms with Gasteiger partial charge in [0.1, 0.15) is 0 Å². The van der Waals surface area contributed by atoms with E-state index in [1.54, 1.807) is 6.20 Å². The molecular weight excluding hydrogens is 152 g/mol. The van der Waals surface area contributed by atoms with Gasteiger partial charge in [-0.2, -0.15) is 0 Å². The minimum absolute atomic E-state index is 0.425. The van der Waals surface area contributed by atoms with Crippen LogP contribution < -0.4 is 5.73 Å². The number of hydrogen-bond donors (Lipinski definition) is 1. The zero-order chi connectivity index (χ0) is 8.97. The number of rotatable bonds is 3. The molecule has 0 aromatic carbocycles. The van der Waals surface area contributed by atoms with Crippen molar-refractivity contribution in [2.75, 3.05) is 13.2 Å². The molecule has 1 saturated heterocycles. The second-order valence-electron chi connectivity index (χ2n) is 2.92. The molecule has 0 bridgehead atoms. The maximum Gasteiger partial charge on any atom is 0.0955 e. The molecule has 3 heteroatoms. The van der Waals surface area contributed by atoms with E-state index >= 15 is 0 Å². The predicted molar refractivity (Wildman–Crippen MR) is 49.2 cm³/mol. The van der Waals surface area contributed by atoms with Crippen molar-refractivity contribution in [3.8, 4) is 0 Å². The van der Waals surface area contributed by atoms with Gasteiger partial charge >= 0.3 is 0 Å². The van der Waals surface area contributed by atoms with Crippen LogP contribution in [0.2, 0.25) is 0 Å². The summed E-state index contributed by atoms with van der Waals surface area (Å²) in [7, 11) is 0. The maximum atomic E-state index is 5.60. The third-order valence-corrected chi connectivity index (χ3v) is 2.11.